The van der Waals surface area contributed by atoms with Crippen LogP contribution in [-0.4, -0.2) is 33.4 Å². The molecule has 0 atom stereocenters. The lowest BCUT2D eigenvalue weighted by molar-refractivity contribution is -0.119. The van der Waals surface area contributed by atoms with E-state index in [9.17, 15) is 14.0 Å². The number of ether oxygens (including phenoxy) is 1. The molecule has 0 saturated carbocycles. The molecule has 1 N–H and O–H groups in total. The molecule has 0 aliphatic rings. The quantitative estimate of drug-likeness (QED) is 0.501. The van der Waals surface area contributed by atoms with E-state index in [-0.39, 0.29) is 11.6 Å². The number of rotatable bonds is 5. The molecule has 148 valence electrons. The van der Waals surface area contributed by atoms with Gasteiger partial charge in [0.1, 0.15) is 21.3 Å². The molecule has 1 aromatic carbocycles. The van der Waals surface area contributed by atoms with Crippen molar-refractivity contribution in [1.29, 1.82) is 0 Å². The van der Waals surface area contributed by atoms with Gasteiger partial charge in [-0.1, -0.05) is 5.16 Å². The fourth-order valence-corrected chi connectivity index (χ4v) is 3.79. The number of carbonyl (C=O) groups is 2. The minimum absolute atomic E-state index is 0.250. The third-order valence-electron chi connectivity index (χ3n) is 4.05. The van der Waals surface area contributed by atoms with Crippen LogP contribution in [0.1, 0.15) is 21.1 Å². The average Bonchev–Trinajstić information content (AvgIpc) is 3.38. The molecule has 0 saturated heterocycles. The molecule has 3 heterocycles. The summed E-state index contributed by atoms with van der Waals surface area (Å²) in [5.74, 6) is -0.693. The minimum atomic E-state index is -0.622. The largest absolute Gasteiger partial charge is 0.451 e. The van der Waals surface area contributed by atoms with Crippen molar-refractivity contribution in [1.82, 2.24) is 14.9 Å². The first-order valence-corrected chi connectivity index (χ1v) is 9.38. The highest BCUT2D eigenvalue weighted by atomic mass is 32.1. The van der Waals surface area contributed by atoms with Gasteiger partial charge in [-0.05, 0) is 44.2 Å². The molecule has 0 aliphatic carbocycles. The molecule has 4 rings (SSSR count). The zero-order valence-corrected chi connectivity index (χ0v) is 16.2. The monoisotopic (exact) mass is 414 g/mol. The van der Waals surface area contributed by atoms with Crippen molar-refractivity contribution in [2.75, 3.05) is 11.9 Å². The summed E-state index contributed by atoms with van der Waals surface area (Å²) in [5, 5.41) is 11.3. The maximum absolute atomic E-state index is 13.2. The van der Waals surface area contributed by atoms with Crippen molar-refractivity contribution in [2.24, 2.45) is 0 Å². The van der Waals surface area contributed by atoms with Crippen LogP contribution >= 0.6 is 11.3 Å². The molecule has 29 heavy (non-hydrogen) atoms. The maximum Gasteiger partial charge on any atom is 0.348 e. The smallest absolute Gasteiger partial charge is 0.348 e. The van der Waals surface area contributed by atoms with Gasteiger partial charge in [-0.3, -0.25) is 4.79 Å². The predicted octanol–water partition coefficient (Wildman–Crippen LogP) is 3.63. The summed E-state index contributed by atoms with van der Waals surface area (Å²) in [6, 6.07) is 9.12. The second-order valence-corrected chi connectivity index (χ2v) is 7.28. The maximum atomic E-state index is 13.2. The normalized spacial score (nSPS) is 11.0. The number of aromatic nitrogens is 3. The zero-order chi connectivity index (χ0) is 20.5. The van der Waals surface area contributed by atoms with Gasteiger partial charge in [-0.2, -0.15) is 5.10 Å². The number of esters is 1. The SMILES string of the molecule is Cc1cc(NC(=O)COC(=O)c2cc3c(C)nn(-c4ccc(F)cc4)c3s2)no1. The Morgan fingerprint density at radius 2 is 2.00 bits per heavy atom. The Kier molecular flexibility index (Phi) is 4.85. The van der Waals surface area contributed by atoms with Gasteiger partial charge >= 0.3 is 5.97 Å². The topological polar surface area (TPSA) is 99.2 Å². The molecular weight excluding hydrogens is 399 g/mol. The van der Waals surface area contributed by atoms with E-state index in [0.717, 1.165) is 15.9 Å². The Morgan fingerprint density at radius 3 is 2.69 bits per heavy atom. The lowest BCUT2D eigenvalue weighted by Crippen LogP contribution is -2.20. The zero-order valence-electron chi connectivity index (χ0n) is 15.4. The number of carbonyl (C=O) groups excluding carboxylic acids is 2. The van der Waals surface area contributed by atoms with Crippen LogP contribution in [0.4, 0.5) is 10.2 Å². The van der Waals surface area contributed by atoms with Gasteiger partial charge in [-0.25, -0.2) is 13.9 Å². The Balaban J connectivity index is 1.49. The molecular formula is C19H15FN4O4S. The van der Waals surface area contributed by atoms with Crippen LogP contribution in [0.5, 0.6) is 0 Å². The highest BCUT2D eigenvalue weighted by Gasteiger charge is 2.19. The van der Waals surface area contributed by atoms with Gasteiger partial charge < -0.3 is 14.6 Å². The summed E-state index contributed by atoms with van der Waals surface area (Å²) < 4.78 is 24.8. The molecule has 0 bridgehead atoms. The molecule has 0 aliphatic heterocycles. The first-order chi connectivity index (χ1) is 13.9. The molecule has 8 nitrogen and oxygen atoms in total. The average molecular weight is 414 g/mol. The van der Waals surface area contributed by atoms with Crippen molar-refractivity contribution in [2.45, 2.75) is 13.8 Å². The molecule has 3 aromatic heterocycles. The summed E-state index contributed by atoms with van der Waals surface area (Å²) in [6.45, 7) is 3.05. The molecule has 1 amide bonds. The van der Waals surface area contributed by atoms with E-state index in [1.165, 1.54) is 23.5 Å². The number of nitrogens with one attached hydrogen (secondary N) is 1. The summed E-state index contributed by atoms with van der Waals surface area (Å²) in [7, 11) is 0. The Morgan fingerprint density at radius 1 is 1.24 bits per heavy atom. The summed E-state index contributed by atoms with van der Waals surface area (Å²) in [5.41, 5.74) is 1.40. The standard InChI is InChI=1S/C19H15FN4O4S/c1-10-7-16(23-28-10)21-17(25)9-27-19(26)15-8-14-11(2)22-24(18(14)29-15)13-5-3-12(20)4-6-13/h3-8H,9H2,1-2H3,(H,21,23,25). The van der Waals surface area contributed by atoms with E-state index in [0.29, 0.717) is 16.3 Å². The summed E-state index contributed by atoms with van der Waals surface area (Å²) in [4.78, 5) is 25.3. The van der Waals surface area contributed by atoms with Gasteiger partial charge in [0.25, 0.3) is 5.91 Å². The Labute approximate surface area is 167 Å². The van der Waals surface area contributed by atoms with Crippen LogP contribution in [-0.2, 0) is 9.53 Å². The molecule has 10 heteroatoms. The van der Waals surface area contributed by atoms with Gasteiger partial charge in [0.2, 0.25) is 0 Å². The number of fused-ring (bicyclic) bond motifs is 1. The van der Waals surface area contributed by atoms with Gasteiger partial charge in [-0.15, -0.1) is 11.3 Å². The van der Waals surface area contributed by atoms with Crippen LogP contribution in [0, 0.1) is 19.7 Å². The van der Waals surface area contributed by atoms with Crippen molar-refractivity contribution in [3.05, 3.63) is 58.5 Å². The first kappa shape index (κ1) is 18.8. The van der Waals surface area contributed by atoms with Gasteiger partial charge in [0.05, 0.1) is 11.4 Å². The Hall–Kier alpha value is -3.53. The summed E-state index contributed by atoms with van der Waals surface area (Å²) in [6.07, 6.45) is 0. The highest BCUT2D eigenvalue weighted by Crippen LogP contribution is 2.30. The number of anilines is 1. The van der Waals surface area contributed by atoms with Gasteiger partial charge in [0, 0.05) is 11.5 Å². The van der Waals surface area contributed by atoms with E-state index in [1.54, 1.807) is 35.9 Å². The predicted molar refractivity (Wildman–Crippen MR) is 104 cm³/mol. The van der Waals surface area contributed by atoms with Crippen molar-refractivity contribution < 1.29 is 23.2 Å². The number of thiophene rings is 1. The molecule has 0 fully saturated rings. The fraction of sp³-hybridized carbons (Fsp3) is 0.158. The second kappa shape index (κ2) is 7.47. The van der Waals surface area contributed by atoms with E-state index in [4.69, 9.17) is 9.26 Å². The lowest BCUT2D eigenvalue weighted by atomic mass is 10.3. The van der Waals surface area contributed by atoms with E-state index < -0.39 is 18.5 Å². The molecule has 0 radical (unpaired) electrons. The molecule has 0 spiro atoms. The van der Waals surface area contributed by atoms with Crippen LogP contribution < -0.4 is 5.32 Å². The number of halogens is 1. The van der Waals surface area contributed by atoms with Crippen LogP contribution in [0.3, 0.4) is 0 Å². The van der Waals surface area contributed by atoms with Crippen LogP contribution in [0.15, 0.2) is 40.9 Å². The van der Waals surface area contributed by atoms with Crippen molar-refractivity contribution >= 4 is 39.2 Å². The van der Waals surface area contributed by atoms with Crippen molar-refractivity contribution in [3.8, 4) is 5.69 Å². The van der Waals surface area contributed by atoms with E-state index in [2.05, 4.69) is 15.6 Å². The third-order valence-corrected chi connectivity index (χ3v) is 5.14. The number of benzene rings is 1. The summed E-state index contributed by atoms with van der Waals surface area (Å²) >= 11 is 1.18. The number of hydrogen-bond donors (Lipinski definition) is 1. The number of hydrogen-bond acceptors (Lipinski definition) is 7. The van der Waals surface area contributed by atoms with Crippen molar-refractivity contribution in [3.63, 3.8) is 0 Å². The third kappa shape index (κ3) is 3.87. The Bertz CT molecular complexity index is 1210. The number of aryl methyl sites for hydroxylation is 2. The lowest BCUT2D eigenvalue weighted by Gasteiger charge is -2.03. The second-order valence-electron chi connectivity index (χ2n) is 6.25. The fourth-order valence-electron chi connectivity index (χ4n) is 2.71. The van der Waals surface area contributed by atoms with E-state index >= 15 is 0 Å². The molecule has 4 aromatic rings. The minimum Gasteiger partial charge on any atom is -0.451 e. The highest BCUT2D eigenvalue weighted by molar-refractivity contribution is 7.20. The van der Waals surface area contributed by atoms with E-state index in [1.807, 2.05) is 6.92 Å². The first-order valence-electron chi connectivity index (χ1n) is 8.56. The van der Waals surface area contributed by atoms with Crippen LogP contribution in [0.25, 0.3) is 15.9 Å². The number of amides is 1. The van der Waals surface area contributed by atoms with Gasteiger partial charge in [0.15, 0.2) is 12.4 Å². The molecule has 0 unspecified atom stereocenters. The number of nitrogens with zero attached hydrogens (tertiary/aromatic N) is 3. The van der Waals surface area contributed by atoms with Crippen LogP contribution in [0.2, 0.25) is 0 Å².